The number of carbonyl (C=O) groups is 1. The molecule has 8 nitrogen and oxygen atoms in total. The van der Waals surface area contributed by atoms with Gasteiger partial charge in [-0.05, 0) is 23.6 Å². The number of nitrogens with one attached hydrogen (secondary N) is 1. The minimum absolute atomic E-state index is 0.0318. The van der Waals surface area contributed by atoms with E-state index in [0.29, 0.717) is 12.3 Å². The highest BCUT2D eigenvalue weighted by Crippen LogP contribution is 2.37. The molecule has 8 heteroatoms. The van der Waals surface area contributed by atoms with Crippen LogP contribution >= 0.6 is 0 Å². The van der Waals surface area contributed by atoms with Crippen molar-refractivity contribution in [1.29, 1.82) is 0 Å². The predicted octanol–water partition coefficient (Wildman–Crippen LogP) is 2.40. The first-order valence-corrected chi connectivity index (χ1v) is 9.36. The SMILES string of the molecule is CCC(C)CNC(=O)c1c(O)c(OC)c(OC)n(Cc2ccc(OC)cc2)c1=O. The Labute approximate surface area is 170 Å². The standard InChI is InChI=1S/C21H28N2O6/c1-6-13(2)11-22-19(25)16-17(24)18(28-4)21(29-5)23(20(16)26)12-14-7-9-15(27-3)10-8-14/h7-10,13,24H,6,11-12H2,1-5H3,(H,22,25). The predicted molar refractivity (Wildman–Crippen MR) is 109 cm³/mol. The lowest BCUT2D eigenvalue weighted by Gasteiger charge is -2.19. The fourth-order valence-electron chi connectivity index (χ4n) is 2.81. The van der Waals surface area contributed by atoms with Gasteiger partial charge in [-0.25, -0.2) is 0 Å². The normalized spacial score (nSPS) is 11.6. The van der Waals surface area contributed by atoms with Crippen molar-refractivity contribution in [3.05, 3.63) is 45.7 Å². The van der Waals surface area contributed by atoms with E-state index in [-0.39, 0.29) is 29.7 Å². The van der Waals surface area contributed by atoms with Gasteiger partial charge in [0.25, 0.3) is 11.5 Å². The summed E-state index contributed by atoms with van der Waals surface area (Å²) in [6.45, 7) is 4.50. The van der Waals surface area contributed by atoms with E-state index in [1.807, 2.05) is 13.8 Å². The minimum atomic E-state index is -0.669. The molecule has 1 heterocycles. The molecule has 29 heavy (non-hydrogen) atoms. The van der Waals surface area contributed by atoms with Crippen LogP contribution in [0.15, 0.2) is 29.1 Å². The van der Waals surface area contributed by atoms with Gasteiger partial charge in [0.15, 0.2) is 11.3 Å². The van der Waals surface area contributed by atoms with Gasteiger partial charge in [0, 0.05) is 6.54 Å². The number of pyridine rings is 1. The Bertz CT molecular complexity index is 905. The molecule has 2 rings (SSSR count). The van der Waals surface area contributed by atoms with Crippen molar-refractivity contribution in [2.75, 3.05) is 27.9 Å². The Hall–Kier alpha value is -3.16. The lowest BCUT2D eigenvalue weighted by atomic mass is 10.1. The molecule has 0 fully saturated rings. The second-order valence-corrected chi connectivity index (χ2v) is 6.73. The van der Waals surface area contributed by atoms with Crippen LogP contribution in [0.3, 0.4) is 0 Å². The number of nitrogens with zero attached hydrogens (tertiary/aromatic N) is 1. The Morgan fingerprint density at radius 1 is 1.14 bits per heavy atom. The maximum absolute atomic E-state index is 13.1. The summed E-state index contributed by atoms with van der Waals surface area (Å²) in [5.74, 6) is -0.318. The maximum Gasteiger partial charge on any atom is 0.270 e. The minimum Gasteiger partial charge on any atom is -0.503 e. The first-order chi connectivity index (χ1) is 13.9. The molecule has 0 aliphatic carbocycles. The summed E-state index contributed by atoms with van der Waals surface area (Å²) in [4.78, 5) is 25.8. The smallest absolute Gasteiger partial charge is 0.270 e. The van der Waals surface area contributed by atoms with Crippen molar-refractivity contribution in [1.82, 2.24) is 9.88 Å². The van der Waals surface area contributed by atoms with Gasteiger partial charge in [-0.3, -0.25) is 14.2 Å². The lowest BCUT2D eigenvalue weighted by Crippen LogP contribution is -2.35. The van der Waals surface area contributed by atoms with Crippen molar-refractivity contribution in [3.63, 3.8) is 0 Å². The number of benzene rings is 1. The van der Waals surface area contributed by atoms with E-state index >= 15 is 0 Å². The van der Waals surface area contributed by atoms with E-state index < -0.39 is 17.2 Å². The molecule has 0 radical (unpaired) electrons. The van der Waals surface area contributed by atoms with E-state index in [0.717, 1.165) is 12.0 Å². The molecule has 1 aromatic heterocycles. The number of hydrogen-bond acceptors (Lipinski definition) is 6. The van der Waals surface area contributed by atoms with Crippen LogP contribution in [0.2, 0.25) is 0 Å². The summed E-state index contributed by atoms with van der Waals surface area (Å²) in [6, 6.07) is 7.13. The number of rotatable bonds is 9. The summed E-state index contributed by atoms with van der Waals surface area (Å²) in [5.41, 5.74) is -0.262. The number of amides is 1. The maximum atomic E-state index is 13.1. The molecule has 1 unspecified atom stereocenters. The quantitative estimate of drug-likeness (QED) is 0.666. The summed E-state index contributed by atoms with van der Waals surface area (Å²) in [6.07, 6.45) is 0.875. The largest absolute Gasteiger partial charge is 0.503 e. The average molecular weight is 404 g/mol. The number of carbonyl (C=O) groups excluding carboxylic acids is 1. The molecular formula is C21H28N2O6. The van der Waals surface area contributed by atoms with Crippen LogP contribution in [0.4, 0.5) is 0 Å². The molecule has 0 aliphatic rings. The summed E-state index contributed by atoms with van der Waals surface area (Å²) in [7, 11) is 4.27. The van der Waals surface area contributed by atoms with E-state index in [4.69, 9.17) is 14.2 Å². The highest BCUT2D eigenvalue weighted by Gasteiger charge is 2.27. The molecule has 158 valence electrons. The third kappa shape index (κ3) is 4.82. The van der Waals surface area contributed by atoms with Gasteiger partial charge in [0.1, 0.15) is 5.75 Å². The fraction of sp³-hybridized carbons (Fsp3) is 0.429. The van der Waals surface area contributed by atoms with Gasteiger partial charge < -0.3 is 24.6 Å². The zero-order valence-electron chi connectivity index (χ0n) is 17.4. The molecule has 0 saturated carbocycles. The first kappa shape index (κ1) is 22.1. The van der Waals surface area contributed by atoms with Crippen LogP contribution in [-0.4, -0.2) is 43.5 Å². The highest BCUT2D eigenvalue weighted by molar-refractivity contribution is 5.97. The zero-order chi connectivity index (χ0) is 21.6. The Kier molecular flexibility index (Phi) is 7.52. The average Bonchev–Trinajstić information content (AvgIpc) is 2.74. The van der Waals surface area contributed by atoms with Crippen LogP contribution in [0.1, 0.15) is 36.2 Å². The third-order valence-electron chi connectivity index (χ3n) is 4.78. The number of methoxy groups -OCH3 is 3. The van der Waals surface area contributed by atoms with Crippen molar-refractivity contribution < 1.29 is 24.1 Å². The molecule has 0 spiro atoms. The van der Waals surface area contributed by atoms with E-state index in [2.05, 4.69) is 5.32 Å². The van der Waals surface area contributed by atoms with E-state index in [1.165, 1.54) is 18.8 Å². The van der Waals surface area contributed by atoms with Crippen molar-refractivity contribution in [2.45, 2.75) is 26.8 Å². The van der Waals surface area contributed by atoms with Gasteiger partial charge in [-0.15, -0.1) is 0 Å². The summed E-state index contributed by atoms with van der Waals surface area (Å²) in [5, 5.41) is 13.2. The molecule has 0 saturated heterocycles. The Morgan fingerprint density at radius 3 is 2.31 bits per heavy atom. The highest BCUT2D eigenvalue weighted by atomic mass is 16.5. The molecule has 1 aromatic carbocycles. The van der Waals surface area contributed by atoms with Crippen LogP contribution in [-0.2, 0) is 6.54 Å². The molecule has 1 amide bonds. The van der Waals surface area contributed by atoms with Gasteiger partial charge >= 0.3 is 0 Å². The molecule has 1 atom stereocenters. The molecule has 0 bridgehead atoms. The second kappa shape index (κ2) is 9.86. The fourth-order valence-corrected chi connectivity index (χ4v) is 2.81. The van der Waals surface area contributed by atoms with Gasteiger partial charge in [0.2, 0.25) is 11.6 Å². The second-order valence-electron chi connectivity index (χ2n) is 6.73. The molecular weight excluding hydrogens is 376 g/mol. The zero-order valence-corrected chi connectivity index (χ0v) is 17.4. The summed E-state index contributed by atoms with van der Waals surface area (Å²) < 4.78 is 17.0. The van der Waals surface area contributed by atoms with Crippen LogP contribution < -0.4 is 25.1 Å². The van der Waals surface area contributed by atoms with Gasteiger partial charge in [-0.2, -0.15) is 0 Å². The van der Waals surface area contributed by atoms with E-state index in [1.54, 1.807) is 31.4 Å². The third-order valence-corrected chi connectivity index (χ3v) is 4.78. The topological polar surface area (TPSA) is 99.0 Å². The van der Waals surface area contributed by atoms with Gasteiger partial charge in [0.05, 0.1) is 27.9 Å². The Morgan fingerprint density at radius 2 is 1.79 bits per heavy atom. The van der Waals surface area contributed by atoms with Crippen LogP contribution in [0.5, 0.6) is 23.1 Å². The van der Waals surface area contributed by atoms with E-state index in [9.17, 15) is 14.7 Å². The number of aromatic nitrogens is 1. The number of ether oxygens (including phenoxy) is 3. The lowest BCUT2D eigenvalue weighted by molar-refractivity contribution is 0.0941. The first-order valence-electron chi connectivity index (χ1n) is 9.36. The van der Waals surface area contributed by atoms with Gasteiger partial charge in [-0.1, -0.05) is 32.4 Å². The van der Waals surface area contributed by atoms with Crippen molar-refractivity contribution in [2.24, 2.45) is 5.92 Å². The Balaban J connectivity index is 2.53. The monoisotopic (exact) mass is 404 g/mol. The molecule has 0 aliphatic heterocycles. The van der Waals surface area contributed by atoms with Crippen LogP contribution in [0.25, 0.3) is 0 Å². The number of aromatic hydroxyl groups is 1. The van der Waals surface area contributed by atoms with Crippen LogP contribution in [0, 0.1) is 5.92 Å². The molecule has 2 aromatic rings. The van der Waals surface area contributed by atoms with Crippen molar-refractivity contribution in [3.8, 4) is 23.1 Å². The summed E-state index contributed by atoms with van der Waals surface area (Å²) >= 11 is 0. The van der Waals surface area contributed by atoms with Crippen molar-refractivity contribution >= 4 is 5.91 Å². The number of hydrogen-bond donors (Lipinski definition) is 2. The molecule has 2 N–H and O–H groups in total.